The number of aliphatic hydroxyl groups is 1. The SMILES string of the molecule is C[C@H](O)C(=O)NC1CCC(C(N)=O)CC1. The van der Waals surface area contributed by atoms with Crippen molar-refractivity contribution in [2.45, 2.75) is 44.8 Å². The molecule has 15 heavy (non-hydrogen) atoms. The Hall–Kier alpha value is -1.10. The van der Waals surface area contributed by atoms with Crippen LogP contribution >= 0.6 is 0 Å². The smallest absolute Gasteiger partial charge is 0.248 e. The molecule has 0 spiro atoms. The van der Waals surface area contributed by atoms with E-state index < -0.39 is 6.10 Å². The van der Waals surface area contributed by atoms with Crippen LogP contribution in [-0.2, 0) is 9.59 Å². The zero-order chi connectivity index (χ0) is 11.4. The Kier molecular flexibility index (Phi) is 4.08. The summed E-state index contributed by atoms with van der Waals surface area (Å²) in [6.07, 6.45) is 1.98. The molecule has 1 aliphatic rings. The number of nitrogens with two attached hydrogens (primary N) is 1. The predicted molar refractivity (Wildman–Crippen MR) is 54.8 cm³/mol. The lowest BCUT2D eigenvalue weighted by atomic mass is 9.85. The van der Waals surface area contributed by atoms with Gasteiger partial charge in [0.15, 0.2) is 0 Å². The third-order valence-electron chi connectivity index (χ3n) is 2.86. The number of aliphatic hydroxyl groups excluding tert-OH is 1. The van der Waals surface area contributed by atoms with Crippen molar-refractivity contribution in [2.75, 3.05) is 0 Å². The van der Waals surface area contributed by atoms with Crippen LogP contribution in [-0.4, -0.2) is 29.1 Å². The van der Waals surface area contributed by atoms with E-state index >= 15 is 0 Å². The quantitative estimate of drug-likeness (QED) is 0.593. The first-order chi connectivity index (χ1) is 7.00. The standard InChI is InChI=1S/C10H18N2O3/c1-6(13)10(15)12-8-4-2-7(3-5-8)9(11)14/h6-8,13H,2-5H2,1H3,(H2,11,14)(H,12,15)/t6-,7?,8?/m0/s1. The van der Waals surface area contributed by atoms with Crippen molar-refractivity contribution in [1.29, 1.82) is 0 Å². The van der Waals surface area contributed by atoms with Crippen LogP contribution in [0.4, 0.5) is 0 Å². The molecule has 0 unspecified atom stereocenters. The molecule has 5 nitrogen and oxygen atoms in total. The van der Waals surface area contributed by atoms with E-state index in [2.05, 4.69) is 5.32 Å². The number of carbonyl (C=O) groups is 2. The first-order valence-corrected chi connectivity index (χ1v) is 5.28. The summed E-state index contributed by atoms with van der Waals surface area (Å²) in [4.78, 5) is 22.1. The number of nitrogens with one attached hydrogen (secondary N) is 1. The molecule has 0 heterocycles. The number of hydrogen-bond acceptors (Lipinski definition) is 3. The second-order valence-electron chi connectivity index (χ2n) is 4.14. The maximum atomic E-state index is 11.2. The lowest BCUT2D eigenvalue weighted by molar-refractivity contribution is -0.129. The first-order valence-electron chi connectivity index (χ1n) is 5.28. The van der Waals surface area contributed by atoms with Gasteiger partial charge in [-0.2, -0.15) is 0 Å². The molecule has 86 valence electrons. The van der Waals surface area contributed by atoms with Crippen molar-refractivity contribution in [3.05, 3.63) is 0 Å². The number of amides is 2. The van der Waals surface area contributed by atoms with E-state index in [1.807, 2.05) is 0 Å². The molecule has 0 bridgehead atoms. The minimum absolute atomic E-state index is 0.0512. The summed E-state index contributed by atoms with van der Waals surface area (Å²) in [5.74, 6) is -0.655. The predicted octanol–water partition coefficient (Wildman–Crippen LogP) is -0.473. The normalized spacial score (nSPS) is 28.1. The van der Waals surface area contributed by atoms with Crippen LogP contribution in [0.2, 0.25) is 0 Å². The summed E-state index contributed by atoms with van der Waals surface area (Å²) < 4.78 is 0. The second-order valence-corrected chi connectivity index (χ2v) is 4.14. The molecule has 1 saturated carbocycles. The van der Waals surface area contributed by atoms with Gasteiger partial charge in [0.1, 0.15) is 6.10 Å². The fourth-order valence-electron chi connectivity index (χ4n) is 1.84. The van der Waals surface area contributed by atoms with Crippen LogP contribution in [0.25, 0.3) is 0 Å². The third-order valence-corrected chi connectivity index (χ3v) is 2.86. The van der Waals surface area contributed by atoms with Crippen molar-refractivity contribution in [3.8, 4) is 0 Å². The Bertz CT molecular complexity index is 245. The van der Waals surface area contributed by atoms with Crippen LogP contribution < -0.4 is 11.1 Å². The maximum Gasteiger partial charge on any atom is 0.248 e. The lowest BCUT2D eigenvalue weighted by Gasteiger charge is -2.27. The fourth-order valence-corrected chi connectivity index (χ4v) is 1.84. The highest BCUT2D eigenvalue weighted by Crippen LogP contribution is 2.23. The van der Waals surface area contributed by atoms with Crippen LogP contribution in [0.3, 0.4) is 0 Å². The number of primary amides is 1. The van der Waals surface area contributed by atoms with Crippen molar-refractivity contribution in [3.63, 3.8) is 0 Å². The molecule has 0 radical (unpaired) electrons. The first kappa shape index (κ1) is 12.0. The minimum Gasteiger partial charge on any atom is -0.384 e. The van der Waals surface area contributed by atoms with Gasteiger partial charge in [-0.1, -0.05) is 0 Å². The summed E-state index contributed by atoms with van der Waals surface area (Å²) >= 11 is 0. The van der Waals surface area contributed by atoms with E-state index in [4.69, 9.17) is 10.8 Å². The Labute approximate surface area is 89.0 Å². The molecule has 4 N–H and O–H groups in total. The molecular formula is C10H18N2O3. The van der Waals surface area contributed by atoms with E-state index in [-0.39, 0.29) is 23.8 Å². The van der Waals surface area contributed by atoms with Crippen molar-refractivity contribution in [1.82, 2.24) is 5.32 Å². The minimum atomic E-state index is -0.973. The van der Waals surface area contributed by atoms with Gasteiger partial charge in [0.25, 0.3) is 0 Å². The average Bonchev–Trinajstić information content (AvgIpc) is 2.18. The molecular weight excluding hydrogens is 196 g/mol. The second kappa shape index (κ2) is 5.11. The zero-order valence-corrected chi connectivity index (χ0v) is 8.90. The van der Waals surface area contributed by atoms with Gasteiger partial charge in [-0.3, -0.25) is 9.59 Å². The fraction of sp³-hybridized carbons (Fsp3) is 0.800. The Balaban J connectivity index is 2.32. The van der Waals surface area contributed by atoms with Crippen molar-refractivity contribution >= 4 is 11.8 Å². The average molecular weight is 214 g/mol. The van der Waals surface area contributed by atoms with Gasteiger partial charge in [0.05, 0.1) is 0 Å². The van der Waals surface area contributed by atoms with Gasteiger partial charge in [-0.15, -0.1) is 0 Å². The Morgan fingerprint density at radius 3 is 2.27 bits per heavy atom. The zero-order valence-electron chi connectivity index (χ0n) is 8.90. The molecule has 0 aliphatic heterocycles. The van der Waals surface area contributed by atoms with E-state index in [0.29, 0.717) is 0 Å². The van der Waals surface area contributed by atoms with E-state index in [0.717, 1.165) is 25.7 Å². The number of rotatable bonds is 3. The molecule has 0 saturated heterocycles. The largest absolute Gasteiger partial charge is 0.384 e. The molecule has 5 heteroatoms. The summed E-state index contributed by atoms with van der Waals surface area (Å²) in [5.41, 5.74) is 5.20. The lowest BCUT2D eigenvalue weighted by Crippen LogP contribution is -2.43. The van der Waals surface area contributed by atoms with Gasteiger partial charge in [0, 0.05) is 12.0 Å². The summed E-state index contributed by atoms with van der Waals surface area (Å²) in [7, 11) is 0. The third kappa shape index (κ3) is 3.51. The Morgan fingerprint density at radius 1 is 1.33 bits per heavy atom. The van der Waals surface area contributed by atoms with E-state index in [9.17, 15) is 9.59 Å². The van der Waals surface area contributed by atoms with Gasteiger partial charge in [-0.25, -0.2) is 0 Å². The van der Waals surface area contributed by atoms with E-state index in [1.165, 1.54) is 6.92 Å². The van der Waals surface area contributed by atoms with Crippen LogP contribution in [0.15, 0.2) is 0 Å². The topological polar surface area (TPSA) is 92.4 Å². The number of hydrogen-bond donors (Lipinski definition) is 3. The molecule has 1 aliphatic carbocycles. The van der Waals surface area contributed by atoms with Gasteiger partial charge in [0.2, 0.25) is 11.8 Å². The van der Waals surface area contributed by atoms with Crippen molar-refractivity contribution in [2.24, 2.45) is 11.7 Å². The highest BCUT2D eigenvalue weighted by molar-refractivity contribution is 5.80. The molecule has 0 aromatic rings. The molecule has 1 rings (SSSR count). The Morgan fingerprint density at radius 2 is 1.87 bits per heavy atom. The maximum absolute atomic E-state index is 11.2. The van der Waals surface area contributed by atoms with Crippen LogP contribution in [0.1, 0.15) is 32.6 Å². The van der Waals surface area contributed by atoms with Crippen LogP contribution in [0.5, 0.6) is 0 Å². The molecule has 0 aromatic carbocycles. The highest BCUT2D eigenvalue weighted by atomic mass is 16.3. The summed E-state index contributed by atoms with van der Waals surface area (Å²) in [6, 6.07) is 0.0719. The van der Waals surface area contributed by atoms with Gasteiger partial charge >= 0.3 is 0 Å². The molecule has 1 fully saturated rings. The number of carbonyl (C=O) groups excluding carboxylic acids is 2. The molecule has 1 atom stereocenters. The summed E-state index contributed by atoms with van der Waals surface area (Å²) in [5, 5.41) is 11.7. The van der Waals surface area contributed by atoms with Gasteiger partial charge < -0.3 is 16.2 Å². The molecule has 0 aromatic heterocycles. The summed E-state index contributed by atoms with van der Waals surface area (Å²) in [6.45, 7) is 1.43. The van der Waals surface area contributed by atoms with Gasteiger partial charge in [-0.05, 0) is 32.6 Å². The highest BCUT2D eigenvalue weighted by Gasteiger charge is 2.26. The van der Waals surface area contributed by atoms with Crippen LogP contribution in [0, 0.1) is 5.92 Å². The van der Waals surface area contributed by atoms with Crippen molar-refractivity contribution < 1.29 is 14.7 Å². The monoisotopic (exact) mass is 214 g/mol. The molecule has 2 amide bonds. The van der Waals surface area contributed by atoms with E-state index in [1.54, 1.807) is 0 Å².